The van der Waals surface area contributed by atoms with Crippen LogP contribution in [-0.2, 0) is 6.54 Å². The van der Waals surface area contributed by atoms with Gasteiger partial charge in [-0.3, -0.25) is 15.0 Å². The molecular formula is C15H20N4O. The van der Waals surface area contributed by atoms with Crippen LogP contribution in [0.2, 0.25) is 0 Å². The Morgan fingerprint density at radius 3 is 3.10 bits per heavy atom. The number of aryl methyl sites for hydroxylation is 2. The Bertz CT molecular complexity index is 581. The number of hydrogen-bond donors (Lipinski definition) is 1. The van der Waals surface area contributed by atoms with Gasteiger partial charge in [-0.05, 0) is 38.0 Å². The van der Waals surface area contributed by atoms with Crippen LogP contribution in [0.15, 0.2) is 24.5 Å². The van der Waals surface area contributed by atoms with Gasteiger partial charge in [-0.1, -0.05) is 0 Å². The SMILES string of the molecule is Cc1cn[nH]c1CN1CCC(Oc2cccnc2C)C1. The lowest BCUT2D eigenvalue weighted by atomic mass is 10.2. The summed E-state index contributed by atoms with van der Waals surface area (Å²) in [6, 6.07) is 3.91. The Hall–Kier alpha value is -1.88. The van der Waals surface area contributed by atoms with E-state index in [9.17, 15) is 0 Å². The van der Waals surface area contributed by atoms with Gasteiger partial charge in [-0.2, -0.15) is 5.10 Å². The molecule has 1 saturated heterocycles. The number of likely N-dealkylation sites (tertiary alicyclic amines) is 1. The first-order valence-electron chi connectivity index (χ1n) is 7.02. The summed E-state index contributed by atoms with van der Waals surface area (Å²) in [5.41, 5.74) is 3.37. The molecule has 0 radical (unpaired) electrons. The third-order valence-electron chi connectivity index (χ3n) is 3.80. The van der Waals surface area contributed by atoms with E-state index < -0.39 is 0 Å². The van der Waals surface area contributed by atoms with Crippen LogP contribution < -0.4 is 4.74 Å². The summed E-state index contributed by atoms with van der Waals surface area (Å²) in [6.07, 6.45) is 4.98. The standard InChI is InChI=1S/C15H20N4O/c1-11-8-17-18-14(11)10-19-7-5-13(9-19)20-15-4-3-6-16-12(15)2/h3-4,6,8,13H,5,7,9-10H2,1-2H3,(H,17,18). The van der Waals surface area contributed by atoms with E-state index in [2.05, 4.69) is 27.0 Å². The van der Waals surface area contributed by atoms with Crippen molar-refractivity contribution in [1.29, 1.82) is 0 Å². The molecule has 0 aliphatic carbocycles. The van der Waals surface area contributed by atoms with E-state index in [1.807, 2.05) is 25.3 Å². The molecule has 1 aliphatic rings. The molecule has 0 bridgehead atoms. The van der Waals surface area contributed by atoms with Crippen LogP contribution in [0.4, 0.5) is 0 Å². The van der Waals surface area contributed by atoms with E-state index >= 15 is 0 Å². The van der Waals surface area contributed by atoms with Gasteiger partial charge >= 0.3 is 0 Å². The Labute approximate surface area is 119 Å². The summed E-state index contributed by atoms with van der Waals surface area (Å²) in [5.74, 6) is 0.900. The third-order valence-corrected chi connectivity index (χ3v) is 3.80. The lowest BCUT2D eigenvalue weighted by Gasteiger charge is -2.17. The van der Waals surface area contributed by atoms with Crippen molar-refractivity contribution in [3.8, 4) is 5.75 Å². The molecule has 3 heterocycles. The molecule has 0 amide bonds. The number of nitrogens with zero attached hydrogens (tertiary/aromatic N) is 3. The predicted octanol–water partition coefficient (Wildman–Crippen LogP) is 2.07. The lowest BCUT2D eigenvalue weighted by Crippen LogP contribution is -2.25. The molecule has 106 valence electrons. The van der Waals surface area contributed by atoms with Gasteiger partial charge in [0.25, 0.3) is 0 Å². The zero-order chi connectivity index (χ0) is 13.9. The minimum absolute atomic E-state index is 0.251. The average molecular weight is 272 g/mol. The van der Waals surface area contributed by atoms with Crippen LogP contribution in [0, 0.1) is 13.8 Å². The van der Waals surface area contributed by atoms with Gasteiger partial charge in [-0.25, -0.2) is 0 Å². The van der Waals surface area contributed by atoms with E-state index in [-0.39, 0.29) is 6.10 Å². The number of ether oxygens (including phenoxy) is 1. The molecule has 5 nitrogen and oxygen atoms in total. The summed E-state index contributed by atoms with van der Waals surface area (Å²) in [5, 5.41) is 7.13. The number of pyridine rings is 1. The van der Waals surface area contributed by atoms with Crippen molar-refractivity contribution >= 4 is 0 Å². The van der Waals surface area contributed by atoms with Gasteiger partial charge in [0.05, 0.1) is 17.6 Å². The van der Waals surface area contributed by atoms with Crippen molar-refractivity contribution in [2.75, 3.05) is 13.1 Å². The van der Waals surface area contributed by atoms with Crippen molar-refractivity contribution < 1.29 is 4.74 Å². The second-order valence-electron chi connectivity index (χ2n) is 5.38. The number of H-pyrrole nitrogens is 1. The predicted molar refractivity (Wildman–Crippen MR) is 76.6 cm³/mol. The average Bonchev–Trinajstić information content (AvgIpc) is 3.03. The number of aromatic amines is 1. The maximum absolute atomic E-state index is 6.06. The van der Waals surface area contributed by atoms with Crippen LogP contribution in [0.5, 0.6) is 5.75 Å². The molecule has 1 fully saturated rings. The van der Waals surface area contributed by atoms with Crippen molar-refractivity contribution in [3.05, 3.63) is 41.5 Å². The van der Waals surface area contributed by atoms with E-state index in [4.69, 9.17) is 4.74 Å². The Balaban J connectivity index is 1.57. The number of aromatic nitrogens is 3. The molecule has 5 heteroatoms. The van der Waals surface area contributed by atoms with Crippen LogP contribution >= 0.6 is 0 Å². The fraction of sp³-hybridized carbons (Fsp3) is 0.467. The molecule has 1 unspecified atom stereocenters. The van der Waals surface area contributed by atoms with Crippen LogP contribution in [-0.4, -0.2) is 39.3 Å². The molecule has 2 aromatic heterocycles. The van der Waals surface area contributed by atoms with Gasteiger partial charge in [0.15, 0.2) is 0 Å². The monoisotopic (exact) mass is 272 g/mol. The first-order chi connectivity index (χ1) is 9.72. The van der Waals surface area contributed by atoms with Crippen LogP contribution in [0.25, 0.3) is 0 Å². The first-order valence-corrected chi connectivity index (χ1v) is 7.02. The van der Waals surface area contributed by atoms with Crippen molar-refractivity contribution in [2.24, 2.45) is 0 Å². The number of nitrogens with one attached hydrogen (secondary N) is 1. The van der Waals surface area contributed by atoms with Gasteiger partial charge in [0.2, 0.25) is 0 Å². The lowest BCUT2D eigenvalue weighted by molar-refractivity contribution is 0.196. The topological polar surface area (TPSA) is 54.0 Å². The van der Waals surface area contributed by atoms with E-state index in [1.165, 1.54) is 11.3 Å². The summed E-state index contributed by atoms with van der Waals surface area (Å²) in [6.45, 7) is 6.99. The normalized spacial score (nSPS) is 19.4. The zero-order valence-electron chi connectivity index (χ0n) is 12.0. The van der Waals surface area contributed by atoms with E-state index in [0.29, 0.717) is 0 Å². The quantitative estimate of drug-likeness (QED) is 0.926. The highest BCUT2D eigenvalue weighted by molar-refractivity contribution is 5.25. The summed E-state index contributed by atoms with van der Waals surface area (Å²) >= 11 is 0. The molecule has 3 rings (SSSR count). The van der Waals surface area contributed by atoms with Gasteiger partial charge in [0.1, 0.15) is 11.9 Å². The summed E-state index contributed by atoms with van der Waals surface area (Å²) in [4.78, 5) is 6.66. The minimum atomic E-state index is 0.251. The first kappa shape index (κ1) is 13.1. The Kier molecular flexibility index (Phi) is 3.69. The van der Waals surface area contributed by atoms with Crippen molar-refractivity contribution in [2.45, 2.75) is 32.9 Å². The van der Waals surface area contributed by atoms with E-state index in [0.717, 1.165) is 37.5 Å². The Morgan fingerprint density at radius 1 is 1.45 bits per heavy atom. The maximum atomic E-state index is 6.06. The second kappa shape index (κ2) is 5.63. The molecule has 20 heavy (non-hydrogen) atoms. The van der Waals surface area contributed by atoms with Gasteiger partial charge in [0, 0.05) is 25.8 Å². The number of hydrogen-bond acceptors (Lipinski definition) is 4. The van der Waals surface area contributed by atoms with Crippen LogP contribution in [0.3, 0.4) is 0 Å². The smallest absolute Gasteiger partial charge is 0.140 e. The fourth-order valence-electron chi connectivity index (χ4n) is 2.57. The molecule has 0 saturated carbocycles. The highest BCUT2D eigenvalue weighted by Gasteiger charge is 2.25. The molecule has 0 aromatic carbocycles. The van der Waals surface area contributed by atoms with Crippen LogP contribution in [0.1, 0.15) is 23.4 Å². The zero-order valence-corrected chi connectivity index (χ0v) is 12.0. The Morgan fingerprint density at radius 2 is 2.35 bits per heavy atom. The summed E-state index contributed by atoms with van der Waals surface area (Å²) in [7, 11) is 0. The largest absolute Gasteiger partial charge is 0.487 e. The van der Waals surface area contributed by atoms with Gasteiger partial charge in [-0.15, -0.1) is 0 Å². The third kappa shape index (κ3) is 2.82. The van der Waals surface area contributed by atoms with Crippen molar-refractivity contribution in [1.82, 2.24) is 20.1 Å². The van der Waals surface area contributed by atoms with Crippen molar-refractivity contribution in [3.63, 3.8) is 0 Å². The molecule has 1 N–H and O–H groups in total. The minimum Gasteiger partial charge on any atom is -0.487 e. The molecular weight excluding hydrogens is 252 g/mol. The fourth-order valence-corrected chi connectivity index (χ4v) is 2.57. The molecule has 1 aliphatic heterocycles. The molecule has 2 aromatic rings. The van der Waals surface area contributed by atoms with Gasteiger partial charge < -0.3 is 4.74 Å². The second-order valence-corrected chi connectivity index (χ2v) is 5.38. The molecule has 0 spiro atoms. The maximum Gasteiger partial charge on any atom is 0.140 e. The summed E-state index contributed by atoms with van der Waals surface area (Å²) < 4.78 is 6.06. The number of rotatable bonds is 4. The molecule has 1 atom stereocenters. The highest BCUT2D eigenvalue weighted by atomic mass is 16.5. The highest BCUT2D eigenvalue weighted by Crippen LogP contribution is 2.21. The van der Waals surface area contributed by atoms with E-state index in [1.54, 1.807) is 6.20 Å².